The van der Waals surface area contributed by atoms with Crippen LogP contribution in [0.25, 0.3) is 0 Å². The van der Waals surface area contributed by atoms with Crippen molar-refractivity contribution in [1.82, 2.24) is 0 Å². The molecule has 2 rings (SSSR count). The maximum absolute atomic E-state index is 9.81. The van der Waals surface area contributed by atoms with E-state index in [0.717, 1.165) is 0 Å². The summed E-state index contributed by atoms with van der Waals surface area (Å²) in [7, 11) is 0. The van der Waals surface area contributed by atoms with Gasteiger partial charge in [0.15, 0.2) is 0 Å². The summed E-state index contributed by atoms with van der Waals surface area (Å²) in [6.07, 6.45) is 0.667. The Morgan fingerprint density at radius 3 is 1.21 bits per heavy atom. The van der Waals surface area contributed by atoms with Crippen molar-refractivity contribution < 1.29 is 15.0 Å². The molecule has 0 atom stereocenters. The van der Waals surface area contributed by atoms with E-state index in [4.69, 9.17) is 10.2 Å². The largest absolute Gasteiger partial charge is 0.508 e. The lowest BCUT2D eigenvalue weighted by molar-refractivity contribution is -0.116. The summed E-state index contributed by atoms with van der Waals surface area (Å²) in [6, 6.07) is 17.4. The Labute approximate surface area is 114 Å². The van der Waals surface area contributed by atoms with E-state index in [9.17, 15) is 4.79 Å². The molecular weight excluding hydrogens is 240 g/mol. The van der Waals surface area contributed by atoms with Crippen molar-refractivity contribution in [3.8, 4) is 11.5 Å². The zero-order valence-corrected chi connectivity index (χ0v) is 11.3. The van der Waals surface area contributed by atoms with Gasteiger partial charge in [0.25, 0.3) is 0 Å². The SMILES string of the molecule is CCC(C)=O.Oc1ccccc1.Oc1ccccc1. The van der Waals surface area contributed by atoms with Gasteiger partial charge in [0.2, 0.25) is 0 Å². The van der Waals surface area contributed by atoms with Gasteiger partial charge in [-0.3, -0.25) is 0 Å². The van der Waals surface area contributed by atoms with Crippen LogP contribution in [0.3, 0.4) is 0 Å². The first-order valence-electron chi connectivity index (χ1n) is 6.03. The van der Waals surface area contributed by atoms with Crippen LogP contribution in [-0.2, 0) is 4.79 Å². The number of para-hydroxylation sites is 2. The Morgan fingerprint density at radius 1 is 0.842 bits per heavy atom. The average molecular weight is 260 g/mol. The molecule has 3 heteroatoms. The number of rotatable bonds is 1. The van der Waals surface area contributed by atoms with Gasteiger partial charge in [0, 0.05) is 6.42 Å². The second kappa shape index (κ2) is 10.8. The highest BCUT2D eigenvalue weighted by Gasteiger charge is 1.77. The summed E-state index contributed by atoms with van der Waals surface area (Å²) in [5, 5.41) is 17.3. The van der Waals surface area contributed by atoms with Crippen molar-refractivity contribution in [1.29, 1.82) is 0 Å². The van der Waals surface area contributed by atoms with Crippen molar-refractivity contribution in [3.63, 3.8) is 0 Å². The fourth-order valence-electron chi connectivity index (χ4n) is 0.856. The number of benzene rings is 2. The lowest BCUT2D eigenvalue weighted by Gasteiger charge is -1.82. The molecule has 0 saturated carbocycles. The molecule has 0 amide bonds. The van der Waals surface area contributed by atoms with Crippen LogP contribution in [0.2, 0.25) is 0 Å². The second-order valence-corrected chi connectivity index (χ2v) is 3.73. The van der Waals surface area contributed by atoms with E-state index in [1.54, 1.807) is 55.5 Å². The second-order valence-electron chi connectivity index (χ2n) is 3.73. The predicted octanol–water partition coefficient (Wildman–Crippen LogP) is 3.77. The van der Waals surface area contributed by atoms with E-state index in [1.807, 2.05) is 19.1 Å². The lowest BCUT2D eigenvalue weighted by Crippen LogP contribution is -1.80. The molecule has 2 N–H and O–H groups in total. The van der Waals surface area contributed by atoms with Gasteiger partial charge in [-0.1, -0.05) is 43.3 Å². The molecule has 0 saturated heterocycles. The quantitative estimate of drug-likeness (QED) is 0.820. The molecule has 0 fully saturated rings. The predicted molar refractivity (Wildman–Crippen MR) is 77.2 cm³/mol. The molecule has 0 aliphatic carbocycles. The highest BCUT2D eigenvalue weighted by molar-refractivity contribution is 5.74. The summed E-state index contributed by atoms with van der Waals surface area (Å²) >= 11 is 0. The van der Waals surface area contributed by atoms with Gasteiger partial charge < -0.3 is 15.0 Å². The lowest BCUT2D eigenvalue weighted by atomic mass is 10.3. The number of aromatic hydroxyl groups is 2. The van der Waals surface area contributed by atoms with Crippen LogP contribution in [0.5, 0.6) is 11.5 Å². The summed E-state index contributed by atoms with van der Waals surface area (Å²) in [5.41, 5.74) is 0. The number of phenolic OH excluding ortho intramolecular Hbond substituents is 2. The first-order chi connectivity index (χ1) is 9.06. The van der Waals surface area contributed by atoms with Crippen LogP contribution in [0, 0.1) is 0 Å². The maximum atomic E-state index is 9.81. The van der Waals surface area contributed by atoms with E-state index in [1.165, 1.54) is 0 Å². The Morgan fingerprint density at radius 2 is 1.11 bits per heavy atom. The standard InChI is InChI=1S/2C6H6O.C4H8O/c2*7-6-4-2-1-3-5-6;1-3-4(2)5/h2*1-5,7H;3H2,1-2H3. The third-order valence-corrected chi connectivity index (χ3v) is 2.01. The molecule has 3 nitrogen and oxygen atoms in total. The number of hydrogen-bond acceptors (Lipinski definition) is 3. The third-order valence-electron chi connectivity index (χ3n) is 2.01. The topological polar surface area (TPSA) is 57.5 Å². The Bertz CT molecular complexity index is 401. The molecule has 19 heavy (non-hydrogen) atoms. The average Bonchev–Trinajstić information content (AvgIpc) is 2.42. The molecule has 2 aromatic rings. The van der Waals surface area contributed by atoms with Crippen molar-refractivity contribution in [2.75, 3.05) is 0 Å². The molecule has 0 aromatic heterocycles. The molecule has 2 aromatic carbocycles. The van der Waals surface area contributed by atoms with Crippen molar-refractivity contribution in [2.24, 2.45) is 0 Å². The fourth-order valence-corrected chi connectivity index (χ4v) is 0.856. The molecule has 0 bridgehead atoms. The molecule has 0 spiro atoms. The van der Waals surface area contributed by atoms with Gasteiger partial charge in [-0.05, 0) is 31.2 Å². The summed E-state index contributed by atoms with van der Waals surface area (Å²) in [5.74, 6) is 0.898. The molecular formula is C16H20O3. The van der Waals surface area contributed by atoms with Crippen LogP contribution in [-0.4, -0.2) is 16.0 Å². The van der Waals surface area contributed by atoms with Crippen molar-refractivity contribution in [2.45, 2.75) is 20.3 Å². The number of phenols is 2. The van der Waals surface area contributed by atoms with Gasteiger partial charge in [-0.2, -0.15) is 0 Å². The van der Waals surface area contributed by atoms with Crippen molar-refractivity contribution in [3.05, 3.63) is 60.7 Å². The number of carbonyl (C=O) groups excluding carboxylic acids is 1. The third kappa shape index (κ3) is 12.0. The normalized spacial score (nSPS) is 8.32. The first kappa shape index (κ1) is 16.7. The highest BCUT2D eigenvalue weighted by Crippen LogP contribution is 2.03. The molecule has 0 radical (unpaired) electrons. The zero-order chi connectivity index (χ0) is 14.5. The number of Topliss-reactive ketones (excluding diaryl/α,β-unsaturated/α-hetero) is 1. The van der Waals surface area contributed by atoms with Gasteiger partial charge in [-0.15, -0.1) is 0 Å². The summed E-state index contributed by atoms with van der Waals surface area (Å²) in [4.78, 5) is 9.81. The van der Waals surface area contributed by atoms with Gasteiger partial charge in [0.05, 0.1) is 0 Å². The summed E-state index contributed by atoms with van der Waals surface area (Å²) in [6.45, 7) is 3.43. The summed E-state index contributed by atoms with van der Waals surface area (Å²) < 4.78 is 0. The minimum Gasteiger partial charge on any atom is -0.508 e. The van der Waals surface area contributed by atoms with Gasteiger partial charge in [-0.25, -0.2) is 0 Å². The molecule has 0 unspecified atom stereocenters. The van der Waals surface area contributed by atoms with Crippen LogP contribution < -0.4 is 0 Å². The van der Waals surface area contributed by atoms with E-state index in [0.29, 0.717) is 17.9 Å². The maximum Gasteiger partial charge on any atom is 0.129 e. The van der Waals surface area contributed by atoms with Crippen LogP contribution in [0.4, 0.5) is 0 Å². The monoisotopic (exact) mass is 260 g/mol. The molecule has 0 aliphatic heterocycles. The van der Waals surface area contributed by atoms with E-state index >= 15 is 0 Å². The highest BCUT2D eigenvalue weighted by atomic mass is 16.3. The number of ketones is 1. The Balaban J connectivity index is 0.000000261. The first-order valence-corrected chi connectivity index (χ1v) is 6.03. The fraction of sp³-hybridized carbons (Fsp3) is 0.188. The van der Waals surface area contributed by atoms with Gasteiger partial charge in [0.1, 0.15) is 17.3 Å². The Hall–Kier alpha value is -2.29. The molecule has 0 heterocycles. The molecule has 0 aliphatic rings. The van der Waals surface area contributed by atoms with Crippen molar-refractivity contribution >= 4 is 5.78 Å². The number of carbonyl (C=O) groups is 1. The zero-order valence-electron chi connectivity index (χ0n) is 11.3. The van der Waals surface area contributed by atoms with Crippen LogP contribution in [0.15, 0.2) is 60.7 Å². The van der Waals surface area contributed by atoms with Crippen LogP contribution in [0.1, 0.15) is 20.3 Å². The van der Waals surface area contributed by atoms with E-state index in [-0.39, 0.29) is 5.78 Å². The van der Waals surface area contributed by atoms with Crippen LogP contribution >= 0.6 is 0 Å². The van der Waals surface area contributed by atoms with E-state index < -0.39 is 0 Å². The molecule has 102 valence electrons. The van der Waals surface area contributed by atoms with E-state index in [2.05, 4.69) is 0 Å². The van der Waals surface area contributed by atoms with Gasteiger partial charge >= 0.3 is 0 Å². The number of hydrogen-bond donors (Lipinski definition) is 2. The smallest absolute Gasteiger partial charge is 0.129 e. The minimum atomic E-state index is 0.255. The minimum absolute atomic E-state index is 0.255. The Kier molecular flexibility index (Phi) is 9.53.